The molecule has 0 unspecified atom stereocenters. The molecule has 0 amide bonds. The molecule has 0 saturated carbocycles. The molecule has 2 heterocycles. The minimum Gasteiger partial charge on any atom is -0.353 e. The number of rotatable bonds is 7. The van der Waals surface area contributed by atoms with Gasteiger partial charge in [0.05, 0.1) is 11.6 Å². The highest BCUT2D eigenvalue weighted by molar-refractivity contribution is 5.89. The number of benzene rings is 4. The second kappa shape index (κ2) is 10.9. The van der Waals surface area contributed by atoms with Crippen molar-refractivity contribution in [3.63, 3.8) is 0 Å². The van der Waals surface area contributed by atoms with Gasteiger partial charge in [-0.25, -0.2) is 9.97 Å². The molecule has 1 aromatic heterocycles. The third-order valence-corrected chi connectivity index (χ3v) is 7.32. The van der Waals surface area contributed by atoms with Crippen molar-refractivity contribution >= 4 is 16.7 Å². The Morgan fingerprint density at radius 3 is 1.78 bits per heavy atom. The molecule has 0 bridgehead atoms. The maximum absolute atomic E-state index is 5.12. The van der Waals surface area contributed by atoms with Crippen molar-refractivity contribution < 1.29 is 0 Å². The van der Waals surface area contributed by atoms with Crippen molar-refractivity contribution in [1.29, 1.82) is 0 Å². The van der Waals surface area contributed by atoms with Crippen LogP contribution in [-0.2, 0) is 12.8 Å². The van der Waals surface area contributed by atoms with E-state index in [0.717, 1.165) is 61.6 Å². The van der Waals surface area contributed by atoms with Crippen LogP contribution >= 0.6 is 0 Å². The topological polar surface area (TPSA) is 32.3 Å². The molecule has 4 nitrogen and oxygen atoms in total. The van der Waals surface area contributed by atoms with Crippen molar-refractivity contribution in [3.8, 4) is 0 Å². The molecular weight excluding hydrogens is 452 g/mol. The summed E-state index contributed by atoms with van der Waals surface area (Å²) in [6, 6.07) is 41.1. The summed E-state index contributed by atoms with van der Waals surface area (Å²) in [6.07, 6.45) is 1.79. The fraction of sp³-hybridized carbons (Fsp3) is 0.212. The SMILES string of the molecule is c1ccc(CCc2nc(N3CCN(C(c4ccccc4)c4ccccc4)CC3)c3ccccc3n2)cc1. The van der Waals surface area contributed by atoms with Crippen LogP contribution in [0.3, 0.4) is 0 Å². The summed E-state index contributed by atoms with van der Waals surface area (Å²) in [4.78, 5) is 15.1. The van der Waals surface area contributed by atoms with Gasteiger partial charge < -0.3 is 4.90 Å². The average molecular weight is 485 g/mol. The number of fused-ring (bicyclic) bond motifs is 1. The van der Waals surface area contributed by atoms with Gasteiger partial charge in [0.15, 0.2) is 0 Å². The van der Waals surface area contributed by atoms with Gasteiger partial charge in [0.2, 0.25) is 0 Å². The first-order valence-corrected chi connectivity index (χ1v) is 13.2. The molecule has 0 atom stereocenters. The lowest BCUT2D eigenvalue weighted by Gasteiger charge is -2.40. The lowest BCUT2D eigenvalue weighted by molar-refractivity contribution is 0.212. The minimum atomic E-state index is 0.258. The first-order valence-electron chi connectivity index (χ1n) is 13.2. The second-order valence-electron chi connectivity index (χ2n) is 9.71. The maximum atomic E-state index is 5.12. The molecule has 6 rings (SSSR count). The Balaban J connectivity index is 1.25. The third-order valence-electron chi connectivity index (χ3n) is 7.32. The zero-order chi connectivity index (χ0) is 24.9. The van der Waals surface area contributed by atoms with E-state index in [1.54, 1.807) is 0 Å². The summed E-state index contributed by atoms with van der Waals surface area (Å²) in [5.74, 6) is 2.00. The minimum absolute atomic E-state index is 0.258. The van der Waals surface area contributed by atoms with E-state index in [1.165, 1.54) is 16.7 Å². The van der Waals surface area contributed by atoms with Crippen molar-refractivity contribution in [3.05, 3.63) is 138 Å². The fourth-order valence-corrected chi connectivity index (χ4v) is 5.44. The number of anilines is 1. The largest absolute Gasteiger partial charge is 0.353 e. The molecule has 4 heteroatoms. The Morgan fingerprint density at radius 1 is 0.568 bits per heavy atom. The van der Waals surface area contributed by atoms with E-state index in [2.05, 4.69) is 125 Å². The van der Waals surface area contributed by atoms with Gasteiger partial charge in [0.1, 0.15) is 11.6 Å². The molecule has 0 N–H and O–H groups in total. The smallest absolute Gasteiger partial charge is 0.140 e. The monoisotopic (exact) mass is 484 g/mol. The van der Waals surface area contributed by atoms with Crippen LogP contribution in [0.1, 0.15) is 28.6 Å². The summed E-state index contributed by atoms with van der Waals surface area (Å²) >= 11 is 0. The number of aromatic nitrogens is 2. The van der Waals surface area contributed by atoms with Gasteiger partial charge in [-0.2, -0.15) is 0 Å². The van der Waals surface area contributed by atoms with E-state index in [0.29, 0.717) is 0 Å². The van der Waals surface area contributed by atoms with E-state index in [4.69, 9.17) is 9.97 Å². The molecule has 0 radical (unpaired) electrons. The van der Waals surface area contributed by atoms with E-state index >= 15 is 0 Å². The van der Waals surface area contributed by atoms with Crippen LogP contribution < -0.4 is 4.90 Å². The number of hydrogen-bond acceptors (Lipinski definition) is 4. The lowest BCUT2D eigenvalue weighted by Crippen LogP contribution is -2.48. The first-order chi connectivity index (χ1) is 18.3. The quantitative estimate of drug-likeness (QED) is 0.270. The molecule has 37 heavy (non-hydrogen) atoms. The van der Waals surface area contributed by atoms with Gasteiger partial charge in [-0.3, -0.25) is 4.90 Å². The Bertz CT molecular complexity index is 1390. The van der Waals surface area contributed by atoms with E-state index in [9.17, 15) is 0 Å². The highest BCUT2D eigenvalue weighted by Gasteiger charge is 2.27. The number of para-hydroxylation sites is 1. The van der Waals surface area contributed by atoms with Gasteiger partial charge in [0, 0.05) is 38.0 Å². The van der Waals surface area contributed by atoms with Crippen LogP contribution in [0.25, 0.3) is 10.9 Å². The lowest BCUT2D eigenvalue weighted by atomic mass is 9.96. The van der Waals surface area contributed by atoms with E-state index in [1.807, 2.05) is 0 Å². The number of hydrogen-bond donors (Lipinski definition) is 0. The normalized spacial score (nSPS) is 14.4. The zero-order valence-electron chi connectivity index (χ0n) is 21.1. The summed E-state index contributed by atoms with van der Waals surface area (Å²) in [5.41, 5.74) is 5.04. The summed E-state index contributed by atoms with van der Waals surface area (Å²) < 4.78 is 0. The van der Waals surface area contributed by atoms with Gasteiger partial charge in [-0.15, -0.1) is 0 Å². The molecule has 1 saturated heterocycles. The number of piperazine rings is 1. The highest BCUT2D eigenvalue weighted by Crippen LogP contribution is 2.31. The Morgan fingerprint density at radius 2 is 1.14 bits per heavy atom. The van der Waals surface area contributed by atoms with Crippen LogP contribution in [0.5, 0.6) is 0 Å². The second-order valence-corrected chi connectivity index (χ2v) is 9.71. The number of aryl methyl sites for hydroxylation is 2. The molecule has 1 aliphatic heterocycles. The van der Waals surface area contributed by atoms with Crippen LogP contribution in [-0.4, -0.2) is 41.0 Å². The Kier molecular flexibility index (Phi) is 6.91. The highest BCUT2D eigenvalue weighted by atomic mass is 15.3. The molecule has 4 aromatic carbocycles. The fourth-order valence-electron chi connectivity index (χ4n) is 5.44. The van der Waals surface area contributed by atoms with E-state index in [-0.39, 0.29) is 6.04 Å². The van der Waals surface area contributed by atoms with Crippen molar-refractivity contribution in [2.75, 3.05) is 31.1 Å². The van der Waals surface area contributed by atoms with Gasteiger partial charge in [0.25, 0.3) is 0 Å². The van der Waals surface area contributed by atoms with Crippen LogP contribution in [0, 0.1) is 0 Å². The van der Waals surface area contributed by atoms with Crippen molar-refractivity contribution in [2.45, 2.75) is 18.9 Å². The summed E-state index contributed by atoms with van der Waals surface area (Å²) in [5, 5.41) is 1.14. The first kappa shape index (κ1) is 23.4. The molecule has 0 aliphatic carbocycles. The van der Waals surface area contributed by atoms with Crippen molar-refractivity contribution in [2.24, 2.45) is 0 Å². The average Bonchev–Trinajstić information content (AvgIpc) is 2.98. The zero-order valence-corrected chi connectivity index (χ0v) is 21.1. The van der Waals surface area contributed by atoms with Gasteiger partial charge in [-0.05, 0) is 35.2 Å². The van der Waals surface area contributed by atoms with Crippen LogP contribution in [0.2, 0.25) is 0 Å². The molecule has 184 valence electrons. The van der Waals surface area contributed by atoms with Crippen LogP contribution in [0.4, 0.5) is 5.82 Å². The van der Waals surface area contributed by atoms with Gasteiger partial charge >= 0.3 is 0 Å². The van der Waals surface area contributed by atoms with Crippen molar-refractivity contribution in [1.82, 2.24) is 14.9 Å². The Hall–Kier alpha value is -4.02. The molecule has 1 aliphatic rings. The Labute approximate surface area is 219 Å². The number of nitrogens with zero attached hydrogens (tertiary/aromatic N) is 4. The molecule has 1 fully saturated rings. The maximum Gasteiger partial charge on any atom is 0.140 e. The standard InChI is InChI=1S/C33H32N4/c1-4-12-26(13-5-1)20-21-31-34-30-19-11-10-18-29(30)33(35-31)37-24-22-36(23-25-37)32(27-14-6-2-7-15-27)28-16-8-3-9-17-28/h1-19,32H,20-25H2. The molecule has 0 spiro atoms. The van der Waals surface area contributed by atoms with Crippen LogP contribution in [0.15, 0.2) is 115 Å². The van der Waals surface area contributed by atoms with E-state index < -0.39 is 0 Å². The summed E-state index contributed by atoms with van der Waals surface area (Å²) in [7, 11) is 0. The predicted octanol–water partition coefficient (Wildman–Crippen LogP) is 6.33. The molecular formula is C33H32N4. The summed E-state index contributed by atoms with van der Waals surface area (Å²) in [6.45, 7) is 3.84. The predicted molar refractivity (Wildman–Crippen MR) is 152 cm³/mol. The molecule has 5 aromatic rings. The third kappa shape index (κ3) is 5.25. The van der Waals surface area contributed by atoms with Gasteiger partial charge in [-0.1, -0.05) is 103 Å².